The monoisotopic (exact) mass is 421 g/mol. The molecule has 1 aliphatic rings. The summed E-state index contributed by atoms with van der Waals surface area (Å²) in [5.41, 5.74) is 2.64. The van der Waals surface area contributed by atoms with Gasteiger partial charge in [0.2, 0.25) is 5.91 Å². The SMILES string of the molecule is N#CCC[C@H](NC(=O)[C@@H]1Cc2ccccc2CN1C(=O)OCc1ccccc1)C(=O)O. The maximum atomic E-state index is 13.0. The number of carboxylic acid groups (broad SMARTS) is 1. The van der Waals surface area contributed by atoms with Crippen molar-refractivity contribution < 1.29 is 24.2 Å². The van der Waals surface area contributed by atoms with E-state index >= 15 is 0 Å². The molecule has 0 spiro atoms. The lowest BCUT2D eigenvalue weighted by atomic mass is 9.93. The Labute approximate surface area is 180 Å². The number of hydrogen-bond donors (Lipinski definition) is 2. The largest absolute Gasteiger partial charge is 0.480 e. The minimum absolute atomic E-state index is 0.00637. The highest BCUT2D eigenvalue weighted by Crippen LogP contribution is 2.24. The third-order valence-corrected chi connectivity index (χ3v) is 5.15. The average Bonchev–Trinajstić information content (AvgIpc) is 2.79. The van der Waals surface area contributed by atoms with Crippen LogP contribution in [0.3, 0.4) is 0 Å². The molecule has 0 aromatic heterocycles. The summed E-state index contributed by atoms with van der Waals surface area (Å²) in [5, 5.41) is 20.6. The van der Waals surface area contributed by atoms with Gasteiger partial charge >= 0.3 is 12.1 Å². The molecule has 2 aromatic carbocycles. The van der Waals surface area contributed by atoms with Gasteiger partial charge in [-0.25, -0.2) is 9.59 Å². The molecule has 1 aliphatic heterocycles. The number of carbonyl (C=O) groups is 3. The fourth-order valence-electron chi connectivity index (χ4n) is 3.49. The first kappa shape index (κ1) is 21.8. The van der Waals surface area contributed by atoms with Gasteiger partial charge in [-0.15, -0.1) is 0 Å². The second-order valence-electron chi connectivity index (χ2n) is 7.25. The lowest BCUT2D eigenvalue weighted by Crippen LogP contribution is -2.55. The van der Waals surface area contributed by atoms with Crippen molar-refractivity contribution in [1.29, 1.82) is 5.26 Å². The van der Waals surface area contributed by atoms with E-state index in [0.717, 1.165) is 16.7 Å². The molecule has 160 valence electrons. The van der Waals surface area contributed by atoms with Crippen LogP contribution in [0.1, 0.15) is 29.5 Å². The Balaban J connectivity index is 1.77. The number of ether oxygens (including phenoxy) is 1. The second-order valence-corrected chi connectivity index (χ2v) is 7.25. The van der Waals surface area contributed by atoms with Crippen LogP contribution in [-0.4, -0.2) is 40.1 Å². The number of aliphatic carboxylic acids is 1. The summed E-state index contributed by atoms with van der Waals surface area (Å²) >= 11 is 0. The van der Waals surface area contributed by atoms with Crippen molar-refractivity contribution in [2.75, 3.05) is 0 Å². The minimum Gasteiger partial charge on any atom is -0.480 e. The summed E-state index contributed by atoms with van der Waals surface area (Å²) in [6, 6.07) is 16.4. The van der Waals surface area contributed by atoms with Crippen LogP contribution >= 0.6 is 0 Å². The quantitative estimate of drug-likeness (QED) is 0.709. The Morgan fingerprint density at radius 1 is 1.13 bits per heavy atom. The van der Waals surface area contributed by atoms with Gasteiger partial charge in [-0.2, -0.15) is 5.26 Å². The predicted molar refractivity (Wildman–Crippen MR) is 111 cm³/mol. The topological polar surface area (TPSA) is 120 Å². The van der Waals surface area contributed by atoms with Crippen molar-refractivity contribution in [2.24, 2.45) is 0 Å². The molecule has 0 bridgehead atoms. The van der Waals surface area contributed by atoms with E-state index in [4.69, 9.17) is 10.00 Å². The molecule has 0 saturated carbocycles. The zero-order chi connectivity index (χ0) is 22.2. The van der Waals surface area contributed by atoms with Gasteiger partial charge in [-0.1, -0.05) is 54.6 Å². The first-order chi connectivity index (χ1) is 15.0. The fraction of sp³-hybridized carbons (Fsp3) is 0.304. The van der Waals surface area contributed by atoms with Gasteiger partial charge in [0.05, 0.1) is 12.6 Å². The molecular weight excluding hydrogens is 398 g/mol. The maximum absolute atomic E-state index is 13.0. The zero-order valence-electron chi connectivity index (χ0n) is 16.9. The molecule has 31 heavy (non-hydrogen) atoms. The van der Waals surface area contributed by atoms with Crippen LogP contribution in [0, 0.1) is 11.3 Å². The standard InChI is InChI=1S/C23H23N3O5/c24-12-6-11-19(22(28)29)25-21(27)20-13-17-9-4-5-10-18(17)14-26(20)23(30)31-15-16-7-2-1-3-8-16/h1-5,7-10,19-20H,6,11,13-15H2,(H,25,27)(H,28,29)/t19-,20-/m0/s1. The number of hydrogen-bond acceptors (Lipinski definition) is 5. The summed E-state index contributed by atoms with van der Waals surface area (Å²) in [4.78, 5) is 38.6. The summed E-state index contributed by atoms with van der Waals surface area (Å²) in [6.07, 6.45) is -0.428. The molecule has 0 unspecified atom stereocenters. The maximum Gasteiger partial charge on any atom is 0.411 e. The van der Waals surface area contributed by atoms with E-state index in [1.54, 1.807) is 0 Å². The smallest absolute Gasteiger partial charge is 0.411 e. The number of nitrogens with zero attached hydrogens (tertiary/aromatic N) is 2. The number of rotatable bonds is 7. The van der Waals surface area contributed by atoms with Gasteiger partial charge in [0.1, 0.15) is 18.7 Å². The fourth-order valence-corrected chi connectivity index (χ4v) is 3.49. The highest BCUT2D eigenvalue weighted by atomic mass is 16.6. The normalized spacial score (nSPS) is 15.8. The Morgan fingerprint density at radius 3 is 2.48 bits per heavy atom. The molecule has 0 fully saturated rings. The molecule has 8 heteroatoms. The van der Waals surface area contributed by atoms with Gasteiger partial charge in [0.15, 0.2) is 0 Å². The average molecular weight is 421 g/mol. The Kier molecular flexibility index (Phi) is 7.22. The van der Waals surface area contributed by atoms with Crippen LogP contribution in [0.5, 0.6) is 0 Å². The van der Waals surface area contributed by atoms with E-state index in [1.165, 1.54) is 4.90 Å². The molecule has 3 rings (SSSR count). The van der Waals surface area contributed by atoms with E-state index in [2.05, 4.69) is 5.32 Å². The van der Waals surface area contributed by atoms with Gasteiger partial charge in [-0.3, -0.25) is 9.69 Å². The van der Waals surface area contributed by atoms with Gasteiger partial charge < -0.3 is 15.2 Å². The molecule has 2 aromatic rings. The van der Waals surface area contributed by atoms with Gasteiger partial charge in [0.25, 0.3) is 0 Å². The van der Waals surface area contributed by atoms with Gasteiger partial charge in [-0.05, 0) is 23.1 Å². The predicted octanol–water partition coefficient (Wildman–Crippen LogP) is 2.62. The van der Waals surface area contributed by atoms with Crippen LogP contribution in [-0.2, 0) is 33.9 Å². The zero-order valence-corrected chi connectivity index (χ0v) is 16.9. The summed E-state index contributed by atoms with van der Waals surface area (Å²) in [5.74, 6) is -1.81. The highest BCUT2D eigenvalue weighted by Gasteiger charge is 2.37. The molecule has 8 nitrogen and oxygen atoms in total. The molecule has 0 saturated heterocycles. The van der Waals surface area contributed by atoms with Crippen LogP contribution in [0.4, 0.5) is 4.79 Å². The van der Waals surface area contributed by atoms with E-state index in [-0.39, 0.29) is 32.4 Å². The number of fused-ring (bicyclic) bond motifs is 1. The van der Waals surface area contributed by atoms with E-state index in [1.807, 2.05) is 60.7 Å². The van der Waals surface area contributed by atoms with Crippen molar-refractivity contribution in [3.63, 3.8) is 0 Å². The summed E-state index contributed by atoms with van der Waals surface area (Å²) < 4.78 is 5.43. The first-order valence-electron chi connectivity index (χ1n) is 9.94. The molecular formula is C23H23N3O5. The Morgan fingerprint density at radius 2 is 1.81 bits per heavy atom. The first-order valence-corrected chi connectivity index (χ1v) is 9.94. The summed E-state index contributed by atoms with van der Waals surface area (Å²) in [7, 11) is 0. The number of carbonyl (C=O) groups excluding carboxylic acids is 2. The second kappa shape index (κ2) is 10.3. The lowest BCUT2D eigenvalue weighted by Gasteiger charge is -2.35. The number of nitriles is 1. The number of nitrogens with one attached hydrogen (secondary N) is 1. The molecule has 0 radical (unpaired) electrons. The number of carboxylic acids is 1. The molecule has 2 N–H and O–H groups in total. The number of amides is 2. The van der Waals surface area contributed by atoms with Crippen molar-refractivity contribution >= 4 is 18.0 Å². The third kappa shape index (κ3) is 5.60. The van der Waals surface area contributed by atoms with Crippen molar-refractivity contribution in [3.05, 3.63) is 71.3 Å². The molecule has 0 aliphatic carbocycles. The third-order valence-electron chi connectivity index (χ3n) is 5.15. The van der Waals surface area contributed by atoms with Crippen LogP contribution in [0.25, 0.3) is 0 Å². The van der Waals surface area contributed by atoms with E-state index in [0.29, 0.717) is 0 Å². The highest BCUT2D eigenvalue weighted by molar-refractivity contribution is 5.90. The minimum atomic E-state index is -1.22. The Hall–Kier alpha value is -3.86. The number of benzene rings is 2. The molecule has 2 amide bonds. The Bertz CT molecular complexity index is 986. The lowest BCUT2D eigenvalue weighted by molar-refractivity contribution is -0.142. The van der Waals surface area contributed by atoms with Crippen LogP contribution in [0.2, 0.25) is 0 Å². The van der Waals surface area contributed by atoms with E-state index in [9.17, 15) is 19.5 Å². The van der Waals surface area contributed by atoms with Crippen molar-refractivity contribution in [1.82, 2.24) is 10.2 Å². The van der Waals surface area contributed by atoms with Crippen LogP contribution in [0.15, 0.2) is 54.6 Å². The van der Waals surface area contributed by atoms with Crippen molar-refractivity contribution in [3.8, 4) is 6.07 Å². The van der Waals surface area contributed by atoms with E-state index < -0.39 is 30.1 Å². The summed E-state index contributed by atoms with van der Waals surface area (Å²) in [6.45, 7) is 0.240. The van der Waals surface area contributed by atoms with Gasteiger partial charge in [0, 0.05) is 12.8 Å². The molecule has 1 heterocycles. The molecule has 2 atom stereocenters. The van der Waals surface area contributed by atoms with Crippen molar-refractivity contribution in [2.45, 2.75) is 44.5 Å². The van der Waals surface area contributed by atoms with Crippen LogP contribution < -0.4 is 5.32 Å².